The molecule has 1 aromatic heterocycles. The molecule has 1 amide bonds. The highest BCUT2D eigenvalue weighted by atomic mass is 79.9. The number of hydrogen-bond acceptors (Lipinski definition) is 8. The number of carbonyl (C=O) groups excluding carboxylic acids is 1. The van der Waals surface area contributed by atoms with Crippen molar-refractivity contribution in [3.63, 3.8) is 0 Å². The summed E-state index contributed by atoms with van der Waals surface area (Å²) in [6.45, 7) is 1.13. The third kappa shape index (κ3) is 5.94. The minimum atomic E-state index is -3.93. The lowest BCUT2D eigenvalue weighted by atomic mass is 10.1. The molecule has 3 aromatic rings. The Morgan fingerprint density at radius 3 is 2.27 bits per heavy atom. The molecule has 1 aliphatic heterocycles. The van der Waals surface area contributed by atoms with E-state index in [1.165, 1.54) is 45.6 Å². The number of sulfone groups is 1. The summed E-state index contributed by atoms with van der Waals surface area (Å²) < 4.78 is 54.5. The van der Waals surface area contributed by atoms with Crippen LogP contribution in [0.4, 0.5) is 0 Å². The van der Waals surface area contributed by atoms with E-state index in [1.54, 1.807) is 29.2 Å². The fourth-order valence-corrected chi connectivity index (χ4v) is 5.60. The largest absolute Gasteiger partial charge is 0.493 e. The van der Waals surface area contributed by atoms with E-state index in [-0.39, 0.29) is 28.4 Å². The van der Waals surface area contributed by atoms with Crippen molar-refractivity contribution in [1.82, 2.24) is 4.90 Å². The van der Waals surface area contributed by atoms with E-state index in [0.29, 0.717) is 30.4 Å². The van der Waals surface area contributed by atoms with Gasteiger partial charge < -0.3 is 28.3 Å². The van der Waals surface area contributed by atoms with Crippen molar-refractivity contribution < 1.29 is 36.6 Å². The predicted molar refractivity (Wildman–Crippen MR) is 138 cm³/mol. The Hall–Kier alpha value is -3.02. The van der Waals surface area contributed by atoms with Gasteiger partial charge in [-0.1, -0.05) is 15.9 Å². The van der Waals surface area contributed by atoms with Gasteiger partial charge in [0.1, 0.15) is 0 Å². The SMILES string of the molecule is COc1cc(CN(CC2CCCO2)C(=O)c2ccc(S(=O)(=O)c3ccc(Br)cc3)o2)cc(OC)c1OC. The van der Waals surface area contributed by atoms with E-state index in [1.807, 2.05) is 0 Å². The van der Waals surface area contributed by atoms with Crippen LogP contribution in [-0.2, 0) is 21.1 Å². The fraction of sp³-hybridized carbons (Fsp3) is 0.346. The summed E-state index contributed by atoms with van der Waals surface area (Å²) in [7, 11) is 0.628. The van der Waals surface area contributed by atoms with Crippen molar-refractivity contribution in [2.75, 3.05) is 34.5 Å². The average molecular weight is 594 g/mol. The molecule has 4 rings (SSSR count). The van der Waals surface area contributed by atoms with Gasteiger partial charge in [0.2, 0.25) is 20.7 Å². The zero-order chi connectivity index (χ0) is 26.6. The van der Waals surface area contributed by atoms with Crippen LogP contribution in [0.5, 0.6) is 17.2 Å². The Morgan fingerprint density at radius 1 is 1.03 bits per heavy atom. The van der Waals surface area contributed by atoms with E-state index >= 15 is 0 Å². The van der Waals surface area contributed by atoms with Gasteiger partial charge in [-0.3, -0.25) is 4.79 Å². The van der Waals surface area contributed by atoms with Gasteiger partial charge in [-0.2, -0.15) is 0 Å². The van der Waals surface area contributed by atoms with Crippen molar-refractivity contribution in [2.45, 2.75) is 35.5 Å². The number of rotatable bonds is 10. The van der Waals surface area contributed by atoms with Crippen LogP contribution in [-0.4, -0.2) is 59.8 Å². The van der Waals surface area contributed by atoms with Gasteiger partial charge in [0.15, 0.2) is 17.3 Å². The molecular weight excluding hydrogens is 566 g/mol. The third-order valence-electron chi connectivity index (χ3n) is 6.01. The standard InChI is InChI=1S/C26H28BrNO8S/c1-32-22-13-17(14-23(33-2)25(22)34-3)15-28(16-19-5-4-12-35-19)26(29)21-10-11-24(36-21)37(30,31)20-8-6-18(27)7-9-20/h6-11,13-14,19H,4-5,12,15-16H2,1-3H3. The number of nitrogens with zero attached hydrogens (tertiary/aromatic N) is 1. The number of ether oxygens (including phenoxy) is 4. The van der Waals surface area contributed by atoms with E-state index < -0.39 is 15.7 Å². The molecule has 1 atom stereocenters. The van der Waals surface area contributed by atoms with Crippen LogP contribution in [0.1, 0.15) is 29.0 Å². The van der Waals surface area contributed by atoms with Crippen LogP contribution >= 0.6 is 15.9 Å². The molecule has 37 heavy (non-hydrogen) atoms. The van der Waals surface area contributed by atoms with Crippen molar-refractivity contribution in [1.29, 1.82) is 0 Å². The van der Waals surface area contributed by atoms with Gasteiger partial charge in [0.05, 0.1) is 32.3 Å². The zero-order valence-corrected chi connectivity index (χ0v) is 23.1. The number of halogens is 1. The molecule has 0 radical (unpaired) electrons. The fourth-order valence-electron chi connectivity index (χ4n) is 4.17. The predicted octanol–water partition coefficient (Wildman–Crippen LogP) is 4.72. The summed E-state index contributed by atoms with van der Waals surface area (Å²) in [4.78, 5) is 15.2. The van der Waals surface area contributed by atoms with Crippen LogP contribution in [0.15, 0.2) is 67.4 Å². The summed E-state index contributed by atoms with van der Waals surface area (Å²) in [6, 6.07) is 12.4. The van der Waals surface area contributed by atoms with E-state index in [9.17, 15) is 13.2 Å². The van der Waals surface area contributed by atoms with E-state index in [0.717, 1.165) is 22.9 Å². The van der Waals surface area contributed by atoms with Crippen molar-refractivity contribution in [3.8, 4) is 17.2 Å². The molecular formula is C26H28BrNO8S. The molecule has 9 nitrogen and oxygen atoms in total. The summed E-state index contributed by atoms with van der Waals surface area (Å²) in [5, 5.41) is -0.303. The van der Waals surface area contributed by atoms with Crippen LogP contribution in [0, 0.1) is 0 Å². The van der Waals surface area contributed by atoms with E-state index in [4.69, 9.17) is 23.4 Å². The molecule has 2 heterocycles. The molecule has 0 spiro atoms. The second-order valence-electron chi connectivity index (χ2n) is 8.43. The number of furan rings is 1. The van der Waals surface area contributed by atoms with Gasteiger partial charge in [0, 0.05) is 24.2 Å². The Morgan fingerprint density at radius 2 is 1.70 bits per heavy atom. The molecule has 0 saturated carbocycles. The molecule has 0 bridgehead atoms. The second-order valence-corrected chi connectivity index (χ2v) is 11.2. The Balaban J connectivity index is 1.64. The van der Waals surface area contributed by atoms with Gasteiger partial charge >= 0.3 is 0 Å². The maximum atomic E-state index is 13.6. The van der Waals surface area contributed by atoms with Gasteiger partial charge in [-0.05, 0) is 66.9 Å². The second kappa shape index (κ2) is 11.6. The number of carbonyl (C=O) groups is 1. The summed E-state index contributed by atoms with van der Waals surface area (Å²) in [5.74, 6) is 0.826. The zero-order valence-electron chi connectivity index (χ0n) is 20.7. The first-order valence-corrected chi connectivity index (χ1v) is 13.8. The van der Waals surface area contributed by atoms with Gasteiger partial charge in [0.25, 0.3) is 5.91 Å². The normalized spacial score (nSPS) is 15.4. The van der Waals surface area contributed by atoms with Gasteiger partial charge in [-0.15, -0.1) is 0 Å². The van der Waals surface area contributed by atoms with Crippen molar-refractivity contribution in [3.05, 3.63) is 64.3 Å². The van der Waals surface area contributed by atoms with Crippen LogP contribution in [0.3, 0.4) is 0 Å². The number of benzene rings is 2. The van der Waals surface area contributed by atoms with Crippen molar-refractivity contribution in [2.24, 2.45) is 0 Å². The smallest absolute Gasteiger partial charge is 0.290 e. The molecule has 0 N–H and O–H groups in total. The highest BCUT2D eigenvalue weighted by Crippen LogP contribution is 2.38. The molecule has 1 fully saturated rings. The summed E-state index contributed by atoms with van der Waals surface area (Å²) in [5.41, 5.74) is 0.732. The molecule has 2 aromatic carbocycles. The lowest BCUT2D eigenvalue weighted by molar-refractivity contribution is 0.0479. The van der Waals surface area contributed by atoms with Crippen LogP contribution < -0.4 is 14.2 Å². The number of amides is 1. The molecule has 0 aliphatic carbocycles. The Kier molecular flexibility index (Phi) is 8.46. The first-order chi connectivity index (χ1) is 17.8. The monoisotopic (exact) mass is 593 g/mol. The molecule has 1 saturated heterocycles. The third-order valence-corrected chi connectivity index (χ3v) is 8.18. The van der Waals surface area contributed by atoms with Crippen LogP contribution in [0.2, 0.25) is 0 Å². The quantitative estimate of drug-likeness (QED) is 0.332. The first-order valence-electron chi connectivity index (χ1n) is 11.6. The van der Waals surface area contributed by atoms with E-state index in [2.05, 4.69) is 15.9 Å². The topological polar surface area (TPSA) is 105 Å². The lowest BCUT2D eigenvalue weighted by Crippen LogP contribution is -2.36. The summed E-state index contributed by atoms with van der Waals surface area (Å²) >= 11 is 3.30. The maximum absolute atomic E-state index is 13.6. The summed E-state index contributed by atoms with van der Waals surface area (Å²) in [6.07, 6.45) is 1.60. The lowest BCUT2D eigenvalue weighted by Gasteiger charge is -2.25. The Labute approximate surface area is 224 Å². The minimum absolute atomic E-state index is 0.0673. The first kappa shape index (κ1) is 27.0. The molecule has 1 unspecified atom stereocenters. The highest BCUT2D eigenvalue weighted by Gasteiger charge is 2.29. The number of methoxy groups -OCH3 is 3. The van der Waals surface area contributed by atoms with Crippen LogP contribution in [0.25, 0.3) is 0 Å². The average Bonchev–Trinajstić information content (AvgIpc) is 3.60. The number of hydrogen-bond donors (Lipinski definition) is 0. The minimum Gasteiger partial charge on any atom is -0.493 e. The molecule has 11 heteroatoms. The maximum Gasteiger partial charge on any atom is 0.290 e. The molecule has 1 aliphatic rings. The molecule has 198 valence electrons. The highest BCUT2D eigenvalue weighted by molar-refractivity contribution is 9.10. The van der Waals surface area contributed by atoms with Crippen molar-refractivity contribution >= 4 is 31.7 Å². The van der Waals surface area contributed by atoms with Gasteiger partial charge in [-0.25, -0.2) is 8.42 Å². The Bertz CT molecular complexity index is 1320.